The third-order valence-corrected chi connectivity index (χ3v) is 4.30. The van der Waals surface area contributed by atoms with Gasteiger partial charge in [0, 0.05) is 25.3 Å². The van der Waals surface area contributed by atoms with Crippen LogP contribution in [0, 0.1) is 0 Å². The van der Waals surface area contributed by atoms with E-state index in [4.69, 9.17) is 5.84 Å². The van der Waals surface area contributed by atoms with Gasteiger partial charge in [0.15, 0.2) is 0 Å². The second kappa shape index (κ2) is 6.69. The first-order valence-corrected chi connectivity index (χ1v) is 7.66. The monoisotopic (exact) mass is 304 g/mol. The number of hydrogen-bond donors (Lipinski definition) is 2. The predicted molar refractivity (Wildman–Crippen MR) is 87.5 cm³/mol. The number of carbonyl (C=O) groups excluding carboxylic acids is 1. The van der Waals surface area contributed by atoms with E-state index in [1.165, 1.54) is 11.3 Å². The molecule has 2 rings (SSSR count). The summed E-state index contributed by atoms with van der Waals surface area (Å²) in [5.41, 5.74) is 5.15. The summed E-state index contributed by atoms with van der Waals surface area (Å²) in [4.78, 5) is 19.1. The van der Waals surface area contributed by atoms with Gasteiger partial charge in [-0.15, -0.1) is 11.3 Å². The average molecular weight is 304 g/mol. The molecule has 1 aromatic heterocycles. The van der Waals surface area contributed by atoms with Gasteiger partial charge in [0.25, 0.3) is 5.91 Å². The van der Waals surface area contributed by atoms with Crippen LogP contribution in [-0.4, -0.2) is 25.0 Å². The van der Waals surface area contributed by atoms with E-state index in [1.807, 2.05) is 43.3 Å². The largest absolute Gasteiger partial charge is 0.378 e. The highest BCUT2D eigenvalue weighted by Crippen LogP contribution is 2.30. The van der Waals surface area contributed by atoms with E-state index in [1.54, 1.807) is 0 Å². The van der Waals surface area contributed by atoms with Crippen molar-refractivity contribution in [2.45, 2.75) is 19.8 Å². The summed E-state index contributed by atoms with van der Waals surface area (Å²) in [6, 6.07) is 8.12. The SMILES string of the molecule is CCCc1nc(-c2ccc(N(C)C)cc2)sc1C(=O)NN. The normalized spacial score (nSPS) is 10.5. The first kappa shape index (κ1) is 15.5. The van der Waals surface area contributed by atoms with Gasteiger partial charge in [0.05, 0.1) is 5.69 Å². The van der Waals surface area contributed by atoms with Gasteiger partial charge in [0.1, 0.15) is 9.88 Å². The fourth-order valence-corrected chi connectivity index (χ4v) is 3.05. The molecule has 5 nitrogen and oxygen atoms in total. The summed E-state index contributed by atoms with van der Waals surface area (Å²) in [7, 11) is 4.00. The van der Waals surface area contributed by atoms with Crippen LogP contribution in [0.4, 0.5) is 5.69 Å². The Hall–Kier alpha value is -1.92. The van der Waals surface area contributed by atoms with Crippen LogP contribution < -0.4 is 16.2 Å². The van der Waals surface area contributed by atoms with Crippen molar-refractivity contribution < 1.29 is 4.79 Å². The molecule has 0 unspecified atom stereocenters. The number of thiazole rings is 1. The van der Waals surface area contributed by atoms with Gasteiger partial charge in [0.2, 0.25) is 0 Å². The van der Waals surface area contributed by atoms with Crippen molar-refractivity contribution in [1.29, 1.82) is 0 Å². The van der Waals surface area contributed by atoms with Gasteiger partial charge >= 0.3 is 0 Å². The maximum Gasteiger partial charge on any atom is 0.277 e. The van der Waals surface area contributed by atoms with Crippen molar-refractivity contribution in [2.24, 2.45) is 5.84 Å². The Bertz CT molecular complexity index is 619. The molecule has 0 saturated carbocycles. The average Bonchev–Trinajstić information content (AvgIpc) is 2.91. The fourth-order valence-electron chi connectivity index (χ4n) is 2.03. The van der Waals surface area contributed by atoms with Crippen LogP contribution in [0.25, 0.3) is 10.6 Å². The Morgan fingerprint density at radius 3 is 2.52 bits per heavy atom. The van der Waals surface area contributed by atoms with Gasteiger partial charge in [-0.2, -0.15) is 0 Å². The summed E-state index contributed by atoms with van der Waals surface area (Å²) in [5.74, 6) is 4.97. The number of amides is 1. The van der Waals surface area contributed by atoms with Gasteiger partial charge < -0.3 is 4.90 Å². The Balaban J connectivity index is 2.37. The minimum Gasteiger partial charge on any atom is -0.378 e. The molecule has 112 valence electrons. The molecule has 0 aliphatic carbocycles. The molecular formula is C15H20N4OS. The van der Waals surface area contributed by atoms with Gasteiger partial charge in [-0.1, -0.05) is 13.3 Å². The molecule has 21 heavy (non-hydrogen) atoms. The molecule has 0 aliphatic heterocycles. The number of nitrogens with two attached hydrogens (primary N) is 1. The first-order chi connectivity index (χ1) is 10.1. The highest BCUT2D eigenvalue weighted by molar-refractivity contribution is 7.17. The van der Waals surface area contributed by atoms with Gasteiger partial charge in [-0.05, 0) is 30.7 Å². The third kappa shape index (κ3) is 3.40. The van der Waals surface area contributed by atoms with Crippen LogP contribution in [0.1, 0.15) is 28.7 Å². The molecule has 2 aromatic rings. The van der Waals surface area contributed by atoms with Crippen LogP contribution in [0.5, 0.6) is 0 Å². The predicted octanol–water partition coefficient (Wildman–Crippen LogP) is 2.43. The summed E-state index contributed by atoms with van der Waals surface area (Å²) >= 11 is 1.38. The maximum atomic E-state index is 11.8. The molecule has 0 aliphatic rings. The molecule has 6 heteroatoms. The van der Waals surface area contributed by atoms with Crippen molar-refractivity contribution in [3.8, 4) is 10.6 Å². The zero-order valence-electron chi connectivity index (χ0n) is 12.5. The lowest BCUT2D eigenvalue weighted by atomic mass is 10.2. The molecule has 0 spiro atoms. The molecule has 0 bridgehead atoms. The Labute approximate surface area is 128 Å². The second-order valence-electron chi connectivity index (χ2n) is 4.96. The first-order valence-electron chi connectivity index (χ1n) is 6.85. The number of anilines is 1. The third-order valence-electron chi connectivity index (χ3n) is 3.15. The Morgan fingerprint density at radius 1 is 1.33 bits per heavy atom. The van der Waals surface area contributed by atoms with Gasteiger partial charge in [-0.25, -0.2) is 10.8 Å². The summed E-state index contributed by atoms with van der Waals surface area (Å²) < 4.78 is 0. The van der Waals surface area contributed by atoms with E-state index in [0.29, 0.717) is 4.88 Å². The van der Waals surface area contributed by atoms with Crippen molar-refractivity contribution in [1.82, 2.24) is 10.4 Å². The minimum atomic E-state index is -0.271. The number of carbonyl (C=O) groups is 1. The molecule has 0 fully saturated rings. The topological polar surface area (TPSA) is 71.2 Å². The molecular weight excluding hydrogens is 284 g/mol. The standard InChI is InChI=1S/C15H20N4OS/c1-4-5-12-13(14(20)18-16)21-15(17-12)10-6-8-11(9-7-10)19(2)3/h6-9H,4-5,16H2,1-3H3,(H,18,20). The van der Waals surface area contributed by atoms with Crippen LogP contribution in [-0.2, 0) is 6.42 Å². The quantitative estimate of drug-likeness (QED) is 0.505. The van der Waals surface area contributed by atoms with Gasteiger partial charge in [-0.3, -0.25) is 10.2 Å². The molecule has 3 N–H and O–H groups in total. The van der Waals surface area contributed by atoms with E-state index in [2.05, 4.69) is 17.3 Å². The summed E-state index contributed by atoms with van der Waals surface area (Å²) in [5, 5.41) is 0.849. The highest BCUT2D eigenvalue weighted by Gasteiger charge is 2.17. The zero-order valence-corrected chi connectivity index (χ0v) is 13.3. The van der Waals surface area contributed by atoms with Crippen LogP contribution in [0.2, 0.25) is 0 Å². The van der Waals surface area contributed by atoms with E-state index in [-0.39, 0.29) is 5.91 Å². The molecule has 1 aromatic carbocycles. The number of hydrazine groups is 1. The smallest absolute Gasteiger partial charge is 0.277 e. The minimum absolute atomic E-state index is 0.271. The number of nitrogens with one attached hydrogen (secondary N) is 1. The number of benzene rings is 1. The van der Waals surface area contributed by atoms with Crippen molar-refractivity contribution in [3.05, 3.63) is 34.8 Å². The number of aryl methyl sites for hydroxylation is 1. The van der Waals surface area contributed by atoms with E-state index >= 15 is 0 Å². The van der Waals surface area contributed by atoms with Crippen LogP contribution in [0.15, 0.2) is 24.3 Å². The highest BCUT2D eigenvalue weighted by atomic mass is 32.1. The van der Waals surface area contributed by atoms with Crippen molar-refractivity contribution >= 4 is 22.9 Å². The fraction of sp³-hybridized carbons (Fsp3) is 0.333. The molecule has 0 saturated heterocycles. The van der Waals surface area contributed by atoms with Crippen LogP contribution >= 0.6 is 11.3 Å². The Morgan fingerprint density at radius 2 is 2.00 bits per heavy atom. The maximum absolute atomic E-state index is 11.8. The van der Waals surface area contributed by atoms with E-state index < -0.39 is 0 Å². The van der Waals surface area contributed by atoms with Crippen molar-refractivity contribution in [3.63, 3.8) is 0 Å². The lowest BCUT2D eigenvalue weighted by molar-refractivity contribution is 0.0956. The second-order valence-corrected chi connectivity index (χ2v) is 5.96. The number of hydrogen-bond acceptors (Lipinski definition) is 5. The number of nitrogens with zero attached hydrogens (tertiary/aromatic N) is 2. The zero-order chi connectivity index (χ0) is 15.4. The summed E-state index contributed by atoms with van der Waals surface area (Å²) in [6.45, 7) is 2.06. The number of aromatic nitrogens is 1. The van der Waals surface area contributed by atoms with E-state index in [9.17, 15) is 4.79 Å². The number of nitrogen functional groups attached to an aromatic ring is 1. The molecule has 1 amide bonds. The molecule has 1 heterocycles. The molecule has 0 radical (unpaired) electrons. The van der Waals surface area contributed by atoms with Crippen molar-refractivity contribution in [2.75, 3.05) is 19.0 Å². The van der Waals surface area contributed by atoms with E-state index in [0.717, 1.165) is 34.8 Å². The van der Waals surface area contributed by atoms with Crippen LogP contribution in [0.3, 0.4) is 0 Å². The molecule has 0 atom stereocenters. The lowest BCUT2D eigenvalue weighted by Gasteiger charge is -2.11. The lowest BCUT2D eigenvalue weighted by Crippen LogP contribution is -2.30. The number of rotatable bonds is 5. The summed E-state index contributed by atoms with van der Waals surface area (Å²) in [6.07, 6.45) is 1.71. The Kier molecular flexibility index (Phi) is 4.93.